The van der Waals surface area contributed by atoms with Crippen molar-refractivity contribution in [3.05, 3.63) is 18.3 Å². The van der Waals surface area contributed by atoms with Crippen LogP contribution in [0.3, 0.4) is 0 Å². The largest absolute Gasteiger partial charge is 0.330 e. The van der Waals surface area contributed by atoms with Gasteiger partial charge in [0.2, 0.25) is 5.91 Å². The van der Waals surface area contributed by atoms with Gasteiger partial charge in [0.15, 0.2) is 5.82 Å². The molecule has 1 amide bonds. The molecule has 0 fully saturated rings. The highest BCUT2D eigenvalue weighted by Crippen LogP contribution is 2.10. The average Bonchev–Trinajstić information content (AvgIpc) is 2.28. The second-order valence-electron chi connectivity index (χ2n) is 3.88. The van der Waals surface area contributed by atoms with Gasteiger partial charge in [0.1, 0.15) is 0 Å². The van der Waals surface area contributed by atoms with Gasteiger partial charge in [0.05, 0.1) is 0 Å². The minimum atomic E-state index is -0.0237. The number of carbonyl (C=O) groups excluding carboxylic acids is 1. The number of anilines is 1. The molecular formula is C11H18N4O. The first-order valence-electron chi connectivity index (χ1n) is 5.50. The van der Waals surface area contributed by atoms with E-state index in [0.29, 0.717) is 24.7 Å². The Labute approximate surface area is 95.4 Å². The minimum absolute atomic E-state index is 0.0237. The molecule has 0 aliphatic carbocycles. The fourth-order valence-electron chi connectivity index (χ4n) is 1.38. The molecule has 3 N–H and O–H groups in total. The standard InChI is InChI=1S/C11H18N4O/c1-9(6-7-12)4-5-11(16)14-10-3-2-8-13-15-10/h2-3,8-9H,4-7,12H2,1H3,(H,14,15,16). The molecule has 5 heteroatoms. The zero-order chi connectivity index (χ0) is 11.8. The highest BCUT2D eigenvalue weighted by Gasteiger charge is 2.06. The molecule has 1 rings (SSSR count). The summed E-state index contributed by atoms with van der Waals surface area (Å²) in [6.07, 6.45) is 3.87. The third kappa shape index (κ3) is 4.84. The van der Waals surface area contributed by atoms with Crippen LogP contribution in [0, 0.1) is 5.92 Å². The van der Waals surface area contributed by atoms with Crippen LogP contribution in [-0.4, -0.2) is 22.6 Å². The van der Waals surface area contributed by atoms with E-state index < -0.39 is 0 Å². The SMILES string of the molecule is CC(CCN)CCC(=O)Nc1cccnn1. The van der Waals surface area contributed by atoms with Crippen LogP contribution in [0.5, 0.6) is 0 Å². The fourth-order valence-corrected chi connectivity index (χ4v) is 1.38. The van der Waals surface area contributed by atoms with Gasteiger partial charge in [0.25, 0.3) is 0 Å². The zero-order valence-corrected chi connectivity index (χ0v) is 9.52. The summed E-state index contributed by atoms with van der Waals surface area (Å²) >= 11 is 0. The van der Waals surface area contributed by atoms with Gasteiger partial charge in [-0.05, 0) is 37.4 Å². The third-order valence-corrected chi connectivity index (χ3v) is 2.36. The number of rotatable bonds is 6. The van der Waals surface area contributed by atoms with Gasteiger partial charge < -0.3 is 11.1 Å². The number of nitrogens with two attached hydrogens (primary N) is 1. The Morgan fingerprint density at radius 3 is 3.00 bits per heavy atom. The lowest BCUT2D eigenvalue weighted by molar-refractivity contribution is -0.116. The predicted molar refractivity (Wildman–Crippen MR) is 62.7 cm³/mol. The smallest absolute Gasteiger partial charge is 0.225 e. The lowest BCUT2D eigenvalue weighted by atomic mass is 10.0. The first kappa shape index (κ1) is 12.6. The Kier molecular flexibility index (Phi) is 5.42. The molecule has 0 saturated heterocycles. The van der Waals surface area contributed by atoms with Crippen LogP contribution < -0.4 is 11.1 Å². The molecule has 88 valence electrons. The van der Waals surface area contributed by atoms with Gasteiger partial charge in [0, 0.05) is 12.6 Å². The van der Waals surface area contributed by atoms with E-state index in [1.54, 1.807) is 18.3 Å². The Bertz CT molecular complexity index is 315. The lowest BCUT2D eigenvalue weighted by Crippen LogP contribution is -2.14. The summed E-state index contributed by atoms with van der Waals surface area (Å²) in [6.45, 7) is 2.77. The van der Waals surface area contributed by atoms with Crippen LogP contribution in [0.1, 0.15) is 26.2 Å². The van der Waals surface area contributed by atoms with Crippen molar-refractivity contribution >= 4 is 11.7 Å². The molecule has 1 aromatic heterocycles. The summed E-state index contributed by atoms with van der Waals surface area (Å²) in [5, 5.41) is 10.2. The Balaban J connectivity index is 2.26. The highest BCUT2D eigenvalue weighted by atomic mass is 16.1. The van der Waals surface area contributed by atoms with Crippen molar-refractivity contribution in [1.29, 1.82) is 0 Å². The minimum Gasteiger partial charge on any atom is -0.330 e. The monoisotopic (exact) mass is 222 g/mol. The van der Waals surface area contributed by atoms with E-state index in [1.807, 2.05) is 0 Å². The van der Waals surface area contributed by atoms with Crippen LogP contribution in [0.4, 0.5) is 5.82 Å². The first-order chi connectivity index (χ1) is 7.72. The fraction of sp³-hybridized carbons (Fsp3) is 0.545. The number of carbonyl (C=O) groups is 1. The maximum Gasteiger partial charge on any atom is 0.225 e. The second-order valence-corrected chi connectivity index (χ2v) is 3.88. The van der Waals surface area contributed by atoms with E-state index in [-0.39, 0.29) is 5.91 Å². The number of hydrogen-bond donors (Lipinski definition) is 2. The number of amides is 1. The van der Waals surface area contributed by atoms with Crippen LogP contribution >= 0.6 is 0 Å². The summed E-state index contributed by atoms with van der Waals surface area (Å²) in [4.78, 5) is 11.5. The first-order valence-corrected chi connectivity index (χ1v) is 5.50. The summed E-state index contributed by atoms with van der Waals surface area (Å²) in [5.74, 6) is 0.959. The van der Waals surface area contributed by atoms with E-state index >= 15 is 0 Å². The molecule has 16 heavy (non-hydrogen) atoms. The van der Waals surface area contributed by atoms with Crippen LogP contribution in [-0.2, 0) is 4.79 Å². The third-order valence-electron chi connectivity index (χ3n) is 2.36. The van der Waals surface area contributed by atoms with E-state index in [4.69, 9.17) is 5.73 Å². The summed E-state index contributed by atoms with van der Waals surface area (Å²) in [5.41, 5.74) is 5.44. The van der Waals surface area contributed by atoms with Crippen molar-refractivity contribution in [2.45, 2.75) is 26.2 Å². The van der Waals surface area contributed by atoms with Gasteiger partial charge in [-0.1, -0.05) is 6.92 Å². The maximum absolute atomic E-state index is 11.5. The van der Waals surface area contributed by atoms with Crippen LogP contribution in [0.2, 0.25) is 0 Å². The van der Waals surface area contributed by atoms with Gasteiger partial charge in [-0.15, -0.1) is 5.10 Å². The summed E-state index contributed by atoms with van der Waals surface area (Å²) in [7, 11) is 0. The molecular weight excluding hydrogens is 204 g/mol. The molecule has 0 radical (unpaired) electrons. The molecule has 1 heterocycles. The Morgan fingerprint density at radius 2 is 2.38 bits per heavy atom. The molecule has 0 aliphatic rings. The average molecular weight is 222 g/mol. The van der Waals surface area contributed by atoms with E-state index in [0.717, 1.165) is 12.8 Å². The molecule has 0 spiro atoms. The van der Waals surface area contributed by atoms with Crippen molar-refractivity contribution in [2.24, 2.45) is 11.7 Å². The van der Waals surface area contributed by atoms with Gasteiger partial charge >= 0.3 is 0 Å². The van der Waals surface area contributed by atoms with Crippen molar-refractivity contribution in [2.75, 3.05) is 11.9 Å². The quantitative estimate of drug-likeness (QED) is 0.757. The summed E-state index contributed by atoms with van der Waals surface area (Å²) in [6, 6.07) is 3.45. The van der Waals surface area contributed by atoms with E-state index in [2.05, 4.69) is 22.4 Å². The molecule has 0 aromatic carbocycles. The maximum atomic E-state index is 11.5. The van der Waals surface area contributed by atoms with Crippen molar-refractivity contribution in [1.82, 2.24) is 10.2 Å². The number of nitrogens with zero attached hydrogens (tertiary/aromatic N) is 2. The van der Waals surface area contributed by atoms with Crippen molar-refractivity contribution in [3.63, 3.8) is 0 Å². The molecule has 0 bridgehead atoms. The normalized spacial score (nSPS) is 12.1. The molecule has 0 aliphatic heterocycles. The number of nitrogens with one attached hydrogen (secondary N) is 1. The zero-order valence-electron chi connectivity index (χ0n) is 9.52. The van der Waals surface area contributed by atoms with Crippen molar-refractivity contribution < 1.29 is 4.79 Å². The molecule has 0 saturated carbocycles. The summed E-state index contributed by atoms with van der Waals surface area (Å²) < 4.78 is 0. The number of hydrogen-bond acceptors (Lipinski definition) is 4. The van der Waals surface area contributed by atoms with E-state index in [9.17, 15) is 4.79 Å². The lowest BCUT2D eigenvalue weighted by Gasteiger charge is -2.09. The molecule has 1 atom stereocenters. The molecule has 5 nitrogen and oxygen atoms in total. The van der Waals surface area contributed by atoms with Gasteiger partial charge in [-0.2, -0.15) is 5.10 Å². The van der Waals surface area contributed by atoms with E-state index in [1.165, 1.54) is 0 Å². The predicted octanol–water partition coefficient (Wildman–Crippen LogP) is 1.18. The van der Waals surface area contributed by atoms with Crippen LogP contribution in [0.25, 0.3) is 0 Å². The molecule has 1 aromatic rings. The molecule has 1 unspecified atom stereocenters. The Hall–Kier alpha value is -1.49. The topological polar surface area (TPSA) is 80.9 Å². The number of aromatic nitrogens is 2. The van der Waals surface area contributed by atoms with Gasteiger partial charge in [-0.3, -0.25) is 4.79 Å². The Morgan fingerprint density at radius 1 is 1.56 bits per heavy atom. The van der Waals surface area contributed by atoms with Crippen molar-refractivity contribution in [3.8, 4) is 0 Å². The second kappa shape index (κ2) is 6.90. The van der Waals surface area contributed by atoms with Gasteiger partial charge in [-0.25, -0.2) is 0 Å². The highest BCUT2D eigenvalue weighted by molar-refractivity contribution is 5.89. The van der Waals surface area contributed by atoms with Crippen LogP contribution in [0.15, 0.2) is 18.3 Å².